The molecule has 8 nitrogen and oxygen atoms in total. The van der Waals surface area contributed by atoms with Crippen LogP contribution in [0.4, 0.5) is 0 Å². The van der Waals surface area contributed by atoms with Crippen molar-refractivity contribution in [3.05, 3.63) is 60.7 Å². The minimum absolute atomic E-state index is 0.0459. The van der Waals surface area contributed by atoms with E-state index >= 15 is 0 Å². The highest BCUT2D eigenvalue weighted by atomic mass is 28.4. The topological polar surface area (TPSA) is 73.8 Å². The standard InChI is InChI=1S/C36H60O8Si/c1-5-6-7-14-19-37-20-21-38-22-23-39-24-25-40-26-27-41-28-29-42-30-31-43-32-33-44-45(36(2,3)4,34-15-10-8-11-16-34)35-17-12-9-13-18-35/h8-13,15-18H,5-7,14,19-33H2,1-4H3. The molecular weight excluding hydrogens is 588 g/mol. The highest BCUT2D eigenvalue weighted by Gasteiger charge is 2.49. The Kier molecular flexibility index (Phi) is 22.3. The van der Waals surface area contributed by atoms with Crippen molar-refractivity contribution in [1.29, 1.82) is 0 Å². The fourth-order valence-electron chi connectivity index (χ4n) is 5.07. The van der Waals surface area contributed by atoms with Gasteiger partial charge in [0.15, 0.2) is 0 Å². The molecule has 9 heteroatoms. The van der Waals surface area contributed by atoms with Gasteiger partial charge in [-0.15, -0.1) is 0 Å². The molecule has 0 fully saturated rings. The summed E-state index contributed by atoms with van der Waals surface area (Å²) in [6.45, 7) is 17.6. The van der Waals surface area contributed by atoms with Gasteiger partial charge in [0.25, 0.3) is 8.32 Å². The molecule has 2 rings (SSSR count). The summed E-state index contributed by atoms with van der Waals surface area (Å²) >= 11 is 0. The normalized spacial score (nSPS) is 12.2. The third-order valence-electron chi connectivity index (χ3n) is 7.34. The van der Waals surface area contributed by atoms with Gasteiger partial charge in [0.2, 0.25) is 0 Å². The Labute approximate surface area is 274 Å². The molecule has 0 saturated carbocycles. The Morgan fingerprint density at radius 3 is 1.09 bits per heavy atom. The van der Waals surface area contributed by atoms with E-state index < -0.39 is 8.32 Å². The van der Waals surface area contributed by atoms with Crippen LogP contribution in [0.15, 0.2) is 60.7 Å². The zero-order valence-electron chi connectivity index (χ0n) is 28.5. The monoisotopic (exact) mass is 648 g/mol. The van der Waals surface area contributed by atoms with Gasteiger partial charge in [0.1, 0.15) is 0 Å². The summed E-state index contributed by atoms with van der Waals surface area (Å²) in [5.41, 5.74) is 0. The molecular formula is C36H60O8Si. The number of benzene rings is 2. The van der Waals surface area contributed by atoms with Crippen molar-refractivity contribution < 1.29 is 37.6 Å². The second kappa shape index (κ2) is 25.4. The summed E-state index contributed by atoms with van der Waals surface area (Å²) in [6, 6.07) is 21.3. The van der Waals surface area contributed by atoms with Gasteiger partial charge in [0.05, 0.1) is 92.5 Å². The van der Waals surface area contributed by atoms with E-state index in [1.165, 1.54) is 29.6 Å². The van der Waals surface area contributed by atoms with Crippen molar-refractivity contribution in [2.24, 2.45) is 0 Å². The highest BCUT2D eigenvalue weighted by Crippen LogP contribution is 2.36. The molecule has 45 heavy (non-hydrogen) atoms. The van der Waals surface area contributed by atoms with Crippen LogP contribution < -0.4 is 10.4 Å². The molecule has 0 spiro atoms. The van der Waals surface area contributed by atoms with Gasteiger partial charge >= 0.3 is 0 Å². The molecule has 2 aromatic carbocycles. The first-order valence-electron chi connectivity index (χ1n) is 16.8. The molecule has 0 aromatic heterocycles. The first-order valence-corrected chi connectivity index (χ1v) is 18.7. The molecule has 2 aromatic rings. The molecule has 0 amide bonds. The quantitative estimate of drug-likeness (QED) is 0.0875. The molecule has 0 aliphatic carbocycles. The number of unbranched alkanes of at least 4 members (excludes halogenated alkanes) is 3. The SMILES string of the molecule is CCCCCCOCCOCCOCCOCCOCCOCCOCCO[Si](c1ccccc1)(c1ccccc1)C(C)(C)C. The Balaban J connectivity index is 1.42. The maximum Gasteiger partial charge on any atom is 0.261 e. The maximum atomic E-state index is 6.84. The van der Waals surface area contributed by atoms with E-state index in [1.54, 1.807) is 0 Å². The van der Waals surface area contributed by atoms with Crippen LogP contribution in [0.2, 0.25) is 5.04 Å². The third kappa shape index (κ3) is 16.6. The average molecular weight is 649 g/mol. The Bertz CT molecular complexity index is 886. The number of rotatable bonds is 29. The van der Waals surface area contributed by atoms with E-state index in [9.17, 15) is 0 Å². The summed E-state index contributed by atoms with van der Waals surface area (Å²) in [6.07, 6.45) is 4.91. The summed E-state index contributed by atoms with van der Waals surface area (Å²) in [4.78, 5) is 0. The van der Waals surface area contributed by atoms with Crippen molar-refractivity contribution in [3.8, 4) is 0 Å². The van der Waals surface area contributed by atoms with E-state index in [-0.39, 0.29) is 5.04 Å². The third-order valence-corrected chi connectivity index (χ3v) is 12.4. The molecule has 0 aliphatic rings. The van der Waals surface area contributed by atoms with Gasteiger partial charge < -0.3 is 37.6 Å². The molecule has 0 aliphatic heterocycles. The number of ether oxygens (including phenoxy) is 7. The van der Waals surface area contributed by atoms with E-state index in [2.05, 4.69) is 88.4 Å². The van der Waals surface area contributed by atoms with E-state index in [0.717, 1.165) is 13.0 Å². The van der Waals surface area contributed by atoms with Gasteiger partial charge in [-0.05, 0) is 21.8 Å². The minimum atomic E-state index is -2.52. The van der Waals surface area contributed by atoms with Gasteiger partial charge in [-0.3, -0.25) is 0 Å². The fraction of sp³-hybridized carbons (Fsp3) is 0.667. The summed E-state index contributed by atoms with van der Waals surface area (Å²) in [7, 11) is -2.52. The van der Waals surface area contributed by atoms with Crippen molar-refractivity contribution in [1.82, 2.24) is 0 Å². The zero-order chi connectivity index (χ0) is 32.3. The molecule has 256 valence electrons. The van der Waals surface area contributed by atoms with Crippen LogP contribution >= 0.6 is 0 Å². The highest BCUT2D eigenvalue weighted by molar-refractivity contribution is 6.99. The molecule has 0 radical (unpaired) electrons. The van der Waals surface area contributed by atoms with Crippen molar-refractivity contribution >= 4 is 18.7 Å². The summed E-state index contributed by atoms with van der Waals surface area (Å²) in [5.74, 6) is 0. The molecule has 0 heterocycles. The molecule has 0 bridgehead atoms. The van der Waals surface area contributed by atoms with Gasteiger partial charge in [-0.2, -0.15) is 0 Å². The van der Waals surface area contributed by atoms with Gasteiger partial charge in [-0.25, -0.2) is 0 Å². The van der Waals surface area contributed by atoms with E-state index in [0.29, 0.717) is 92.5 Å². The van der Waals surface area contributed by atoms with Crippen molar-refractivity contribution in [2.75, 3.05) is 99.1 Å². The van der Waals surface area contributed by atoms with Crippen LogP contribution in [-0.2, 0) is 37.6 Å². The van der Waals surface area contributed by atoms with E-state index in [1.807, 2.05) is 0 Å². The largest absolute Gasteiger partial charge is 0.405 e. The van der Waals surface area contributed by atoms with Crippen molar-refractivity contribution in [3.63, 3.8) is 0 Å². The minimum Gasteiger partial charge on any atom is -0.405 e. The zero-order valence-corrected chi connectivity index (χ0v) is 29.5. The van der Waals surface area contributed by atoms with Crippen molar-refractivity contribution in [2.45, 2.75) is 58.4 Å². The molecule has 0 saturated heterocycles. The fourth-order valence-corrected chi connectivity index (χ4v) is 9.61. The first-order chi connectivity index (χ1) is 22.0. The predicted molar refractivity (Wildman–Crippen MR) is 183 cm³/mol. The lowest BCUT2D eigenvalue weighted by atomic mass is 10.2. The number of hydrogen-bond acceptors (Lipinski definition) is 8. The Hall–Kier alpha value is -1.66. The first kappa shape index (κ1) is 39.5. The molecule has 0 N–H and O–H groups in total. The van der Waals surface area contributed by atoms with Gasteiger partial charge in [0, 0.05) is 6.61 Å². The van der Waals surface area contributed by atoms with Crippen LogP contribution in [0.1, 0.15) is 53.4 Å². The summed E-state index contributed by atoms with van der Waals surface area (Å²) in [5, 5.41) is 2.50. The van der Waals surface area contributed by atoms with Crippen LogP contribution in [0.25, 0.3) is 0 Å². The molecule has 0 unspecified atom stereocenters. The van der Waals surface area contributed by atoms with Crippen LogP contribution in [-0.4, -0.2) is 107 Å². The van der Waals surface area contributed by atoms with Crippen LogP contribution in [0.5, 0.6) is 0 Å². The smallest absolute Gasteiger partial charge is 0.261 e. The molecule has 0 atom stereocenters. The van der Waals surface area contributed by atoms with Crippen LogP contribution in [0.3, 0.4) is 0 Å². The van der Waals surface area contributed by atoms with E-state index in [4.69, 9.17) is 37.6 Å². The maximum absolute atomic E-state index is 6.84. The predicted octanol–water partition coefficient (Wildman–Crippen LogP) is 5.26. The second-order valence-corrected chi connectivity index (χ2v) is 16.2. The Morgan fingerprint density at radius 1 is 0.422 bits per heavy atom. The Morgan fingerprint density at radius 2 is 0.756 bits per heavy atom. The second-order valence-electron chi connectivity index (χ2n) is 11.9. The average Bonchev–Trinajstić information content (AvgIpc) is 3.05. The lowest BCUT2D eigenvalue weighted by Gasteiger charge is -2.43. The van der Waals surface area contributed by atoms with Gasteiger partial charge in [-0.1, -0.05) is 108 Å². The summed E-state index contributed by atoms with van der Waals surface area (Å²) < 4.78 is 46.0. The lowest BCUT2D eigenvalue weighted by Crippen LogP contribution is -2.66. The lowest BCUT2D eigenvalue weighted by molar-refractivity contribution is -0.0213. The number of hydrogen-bond donors (Lipinski definition) is 0. The van der Waals surface area contributed by atoms with Crippen LogP contribution in [0, 0.1) is 0 Å².